The summed E-state index contributed by atoms with van der Waals surface area (Å²) >= 11 is 10.1. The molecule has 0 heterocycles. The van der Waals surface area contributed by atoms with Gasteiger partial charge in [-0.1, -0.05) is 18.2 Å². The summed E-state index contributed by atoms with van der Waals surface area (Å²) in [6.45, 7) is 4.02. The van der Waals surface area contributed by atoms with E-state index in [1.165, 1.54) is 0 Å². The highest BCUT2D eigenvalue weighted by atomic mass is 32.1. The van der Waals surface area contributed by atoms with Crippen molar-refractivity contribution >= 4 is 40.3 Å². The van der Waals surface area contributed by atoms with Crippen LogP contribution in [0.3, 0.4) is 0 Å². The van der Waals surface area contributed by atoms with E-state index >= 15 is 0 Å². The molecule has 4 nitrogen and oxygen atoms in total. The summed E-state index contributed by atoms with van der Waals surface area (Å²) in [4.78, 5) is 0. The van der Waals surface area contributed by atoms with Crippen molar-refractivity contribution in [1.29, 1.82) is 0 Å². The Balaban J connectivity index is 2.29. The highest BCUT2D eigenvalue weighted by Gasteiger charge is 1.99. The van der Waals surface area contributed by atoms with Crippen LogP contribution in [0, 0.1) is 0 Å². The molecule has 0 saturated carbocycles. The number of anilines is 1. The molecule has 6 heteroatoms. The van der Waals surface area contributed by atoms with E-state index in [0.717, 1.165) is 5.69 Å². The van der Waals surface area contributed by atoms with Crippen LogP contribution >= 0.6 is 24.4 Å². The second-order valence-electron chi connectivity index (χ2n) is 3.70. The number of benzene rings is 1. The van der Waals surface area contributed by atoms with E-state index in [0.29, 0.717) is 10.2 Å². The van der Waals surface area contributed by atoms with Crippen molar-refractivity contribution in [2.24, 2.45) is 0 Å². The Labute approximate surface area is 112 Å². The van der Waals surface area contributed by atoms with Gasteiger partial charge in [0.05, 0.1) is 0 Å². The second kappa shape index (κ2) is 7.03. The minimum Gasteiger partial charge on any atom is -0.359 e. The van der Waals surface area contributed by atoms with Gasteiger partial charge in [0, 0.05) is 11.7 Å². The number of para-hydroxylation sites is 1. The van der Waals surface area contributed by atoms with Crippen molar-refractivity contribution in [1.82, 2.24) is 16.2 Å². The van der Waals surface area contributed by atoms with Gasteiger partial charge in [-0.25, -0.2) is 0 Å². The quantitative estimate of drug-likeness (QED) is 0.484. The van der Waals surface area contributed by atoms with E-state index in [2.05, 4.69) is 21.5 Å². The molecular formula is C11H16N4S2. The third-order valence-electron chi connectivity index (χ3n) is 1.74. The first-order valence-corrected chi connectivity index (χ1v) is 6.08. The van der Waals surface area contributed by atoms with Crippen LogP contribution in [0.2, 0.25) is 0 Å². The molecule has 0 aliphatic heterocycles. The van der Waals surface area contributed by atoms with Crippen molar-refractivity contribution in [2.45, 2.75) is 19.9 Å². The summed E-state index contributed by atoms with van der Waals surface area (Å²) in [5, 5.41) is 7.03. The van der Waals surface area contributed by atoms with Gasteiger partial charge in [0.25, 0.3) is 0 Å². The number of hydrazine groups is 1. The van der Waals surface area contributed by atoms with E-state index in [9.17, 15) is 0 Å². The Morgan fingerprint density at radius 1 is 1.00 bits per heavy atom. The molecule has 0 bridgehead atoms. The minimum absolute atomic E-state index is 0.285. The van der Waals surface area contributed by atoms with E-state index in [4.69, 9.17) is 24.4 Å². The summed E-state index contributed by atoms with van der Waals surface area (Å²) in [6, 6.07) is 9.96. The molecule has 92 valence electrons. The highest BCUT2D eigenvalue weighted by molar-refractivity contribution is 7.80. The largest absolute Gasteiger partial charge is 0.359 e. The topological polar surface area (TPSA) is 48.1 Å². The van der Waals surface area contributed by atoms with Gasteiger partial charge in [-0.2, -0.15) is 0 Å². The molecule has 0 spiro atoms. The third-order valence-corrected chi connectivity index (χ3v) is 2.17. The number of hydrogen-bond donors (Lipinski definition) is 4. The van der Waals surface area contributed by atoms with Crippen LogP contribution < -0.4 is 21.5 Å². The number of nitrogens with one attached hydrogen (secondary N) is 4. The molecule has 0 amide bonds. The van der Waals surface area contributed by atoms with E-state index in [-0.39, 0.29) is 6.04 Å². The molecule has 0 radical (unpaired) electrons. The first-order chi connectivity index (χ1) is 8.08. The van der Waals surface area contributed by atoms with Crippen LogP contribution in [0.4, 0.5) is 5.69 Å². The summed E-state index contributed by atoms with van der Waals surface area (Å²) in [5.74, 6) is 0. The lowest BCUT2D eigenvalue weighted by molar-refractivity contribution is 0.705. The maximum absolute atomic E-state index is 5.10. The highest BCUT2D eigenvalue weighted by Crippen LogP contribution is 2.03. The molecule has 0 saturated heterocycles. The lowest BCUT2D eigenvalue weighted by Crippen LogP contribution is -2.49. The lowest BCUT2D eigenvalue weighted by atomic mass is 10.3. The Morgan fingerprint density at radius 3 is 2.18 bits per heavy atom. The lowest BCUT2D eigenvalue weighted by Gasteiger charge is -2.15. The van der Waals surface area contributed by atoms with Crippen LogP contribution in [0.5, 0.6) is 0 Å². The predicted octanol–water partition coefficient (Wildman–Crippen LogP) is 1.76. The van der Waals surface area contributed by atoms with E-state index in [1.54, 1.807) is 0 Å². The third kappa shape index (κ3) is 6.03. The van der Waals surface area contributed by atoms with Gasteiger partial charge in [0.15, 0.2) is 10.2 Å². The van der Waals surface area contributed by atoms with Crippen LogP contribution in [0.25, 0.3) is 0 Å². The molecule has 0 aliphatic rings. The maximum Gasteiger partial charge on any atom is 0.189 e. The Morgan fingerprint density at radius 2 is 1.59 bits per heavy atom. The van der Waals surface area contributed by atoms with Crippen LogP contribution in [0.1, 0.15) is 13.8 Å². The predicted molar refractivity (Wildman–Crippen MR) is 79.8 cm³/mol. The zero-order chi connectivity index (χ0) is 12.7. The Bertz CT molecular complexity index is 378. The summed E-state index contributed by atoms with van der Waals surface area (Å²) in [7, 11) is 0. The van der Waals surface area contributed by atoms with Crippen molar-refractivity contribution in [3.05, 3.63) is 30.3 Å². The van der Waals surface area contributed by atoms with Gasteiger partial charge in [0.2, 0.25) is 0 Å². The molecule has 0 fully saturated rings. The van der Waals surface area contributed by atoms with Crippen molar-refractivity contribution in [2.75, 3.05) is 5.32 Å². The van der Waals surface area contributed by atoms with Gasteiger partial charge in [0.1, 0.15) is 0 Å². The molecule has 1 aromatic rings. The van der Waals surface area contributed by atoms with Gasteiger partial charge >= 0.3 is 0 Å². The van der Waals surface area contributed by atoms with Gasteiger partial charge in [-0.05, 0) is 50.4 Å². The average Bonchev–Trinajstić information content (AvgIpc) is 2.27. The standard InChI is InChI=1S/C11H16N4S2/c1-8(2)12-10(16)14-15-11(17)13-9-6-4-3-5-7-9/h3-8H,1-2H3,(H2,12,14,16)(H2,13,15,17). The number of hydrogen-bond acceptors (Lipinski definition) is 2. The second-order valence-corrected chi connectivity index (χ2v) is 4.51. The van der Waals surface area contributed by atoms with Crippen molar-refractivity contribution in [3.63, 3.8) is 0 Å². The maximum atomic E-state index is 5.10. The Hall–Kier alpha value is -1.40. The molecule has 0 aliphatic carbocycles. The molecule has 1 rings (SSSR count). The summed E-state index contributed by atoms with van der Waals surface area (Å²) < 4.78 is 0. The van der Waals surface area contributed by atoms with Gasteiger partial charge in [-0.3, -0.25) is 10.9 Å². The fraction of sp³-hybridized carbons (Fsp3) is 0.273. The SMILES string of the molecule is CC(C)NC(=S)NNC(=S)Nc1ccccc1. The van der Waals surface area contributed by atoms with E-state index < -0.39 is 0 Å². The summed E-state index contributed by atoms with van der Waals surface area (Å²) in [6.07, 6.45) is 0. The molecule has 0 aromatic heterocycles. The first kappa shape index (κ1) is 13.7. The molecule has 1 aromatic carbocycles. The number of thiocarbonyl (C=S) groups is 2. The minimum atomic E-state index is 0.285. The molecule has 4 N–H and O–H groups in total. The zero-order valence-corrected chi connectivity index (χ0v) is 11.4. The monoisotopic (exact) mass is 268 g/mol. The smallest absolute Gasteiger partial charge is 0.189 e. The fourth-order valence-corrected chi connectivity index (χ4v) is 1.55. The molecule has 0 unspecified atom stereocenters. The summed E-state index contributed by atoms with van der Waals surface area (Å²) in [5.41, 5.74) is 6.53. The zero-order valence-electron chi connectivity index (χ0n) is 9.78. The normalized spacial score (nSPS) is 9.59. The van der Waals surface area contributed by atoms with Gasteiger partial charge in [-0.15, -0.1) is 0 Å². The average molecular weight is 268 g/mol. The van der Waals surface area contributed by atoms with Gasteiger partial charge < -0.3 is 10.6 Å². The van der Waals surface area contributed by atoms with Crippen LogP contribution in [-0.4, -0.2) is 16.3 Å². The van der Waals surface area contributed by atoms with Crippen molar-refractivity contribution in [3.8, 4) is 0 Å². The number of rotatable bonds is 2. The fourth-order valence-electron chi connectivity index (χ4n) is 1.10. The molecule has 0 atom stereocenters. The van der Waals surface area contributed by atoms with Crippen molar-refractivity contribution < 1.29 is 0 Å². The van der Waals surface area contributed by atoms with Crippen LogP contribution in [0.15, 0.2) is 30.3 Å². The molecule has 17 heavy (non-hydrogen) atoms. The first-order valence-electron chi connectivity index (χ1n) is 5.26. The molecular weight excluding hydrogens is 252 g/mol. The van der Waals surface area contributed by atoms with E-state index in [1.807, 2.05) is 44.2 Å². The Kier molecular flexibility index (Phi) is 5.65. The van der Waals surface area contributed by atoms with Crippen LogP contribution in [-0.2, 0) is 0 Å².